The highest BCUT2D eigenvalue weighted by Crippen LogP contribution is 2.17. The van der Waals surface area contributed by atoms with Crippen LogP contribution < -0.4 is 0 Å². The van der Waals surface area contributed by atoms with Crippen LogP contribution in [-0.2, 0) is 4.79 Å². The van der Waals surface area contributed by atoms with Gasteiger partial charge in [0.25, 0.3) is 0 Å². The average molecular weight is 235 g/mol. The largest absolute Gasteiger partial charge is 0.281 e. The van der Waals surface area contributed by atoms with E-state index in [1.165, 1.54) is 11.3 Å². The summed E-state index contributed by atoms with van der Waals surface area (Å²) in [5, 5.41) is 1.46. The predicted molar refractivity (Wildman–Crippen MR) is 56.6 cm³/mol. The van der Waals surface area contributed by atoms with E-state index in [1.807, 2.05) is 11.4 Å². The van der Waals surface area contributed by atoms with Crippen LogP contribution in [0.5, 0.6) is 0 Å². The lowest BCUT2D eigenvalue weighted by atomic mass is 10.5. The van der Waals surface area contributed by atoms with Crippen molar-refractivity contribution in [3.63, 3.8) is 0 Å². The van der Waals surface area contributed by atoms with Crippen LogP contribution in [0.25, 0.3) is 0 Å². The highest BCUT2D eigenvalue weighted by molar-refractivity contribution is 8.14. The molecule has 13 heavy (non-hydrogen) atoms. The molecule has 2 nitrogen and oxygen atoms in total. The van der Waals surface area contributed by atoms with Gasteiger partial charge in [-0.3, -0.25) is 9.59 Å². The fraction of sp³-hybridized carbons (Fsp3) is 0.250. The van der Waals surface area contributed by atoms with Crippen LogP contribution in [-0.4, -0.2) is 16.1 Å². The number of carbonyl (C=O) groups is 2. The van der Waals surface area contributed by atoms with Gasteiger partial charge >= 0.3 is 0 Å². The molecule has 0 aliphatic heterocycles. The number of hydrogen-bond donors (Lipinski definition) is 0. The van der Waals surface area contributed by atoms with Gasteiger partial charge in [-0.15, -0.1) is 11.3 Å². The van der Waals surface area contributed by atoms with Crippen LogP contribution in [0.15, 0.2) is 17.5 Å². The molecule has 1 rings (SSSR count). The Morgan fingerprint density at radius 2 is 2.31 bits per heavy atom. The van der Waals surface area contributed by atoms with Gasteiger partial charge in [0.1, 0.15) is 0 Å². The topological polar surface area (TPSA) is 34.1 Å². The molecular weight excluding hydrogens is 228 g/mol. The third-order valence-corrected chi connectivity index (χ3v) is 3.33. The quantitative estimate of drug-likeness (QED) is 0.752. The number of thiophene rings is 1. The molecule has 0 saturated carbocycles. The van der Waals surface area contributed by atoms with Crippen molar-refractivity contribution < 1.29 is 9.59 Å². The van der Waals surface area contributed by atoms with Gasteiger partial charge in [0, 0.05) is 12.2 Å². The molecule has 1 heterocycles. The molecule has 0 saturated heterocycles. The van der Waals surface area contributed by atoms with Crippen LogP contribution in [0.1, 0.15) is 16.1 Å². The minimum Gasteiger partial charge on any atom is -0.281 e. The van der Waals surface area contributed by atoms with Gasteiger partial charge in [-0.2, -0.15) is 0 Å². The number of rotatable bonds is 4. The SMILES string of the molecule is O=C(Cl)CCSC(=O)c1cccs1. The maximum Gasteiger partial charge on any atom is 0.229 e. The van der Waals surface area contributed by atoms with E-state index in [0.717, 1.165) is 11.8 Å². The smallest absolute Gasteiger partial charge is 0.229 e. The van der Waals surface area contributed by atoms with E-state index in [1.54, 1.807) is 6.07 Å². The summed E-state index contributed by atoms with van der Waals surface area (Å²) in [6, 6.07) is 3.59. The summed E-state index contributed by atoms with van der Waals surface area (Å²) in [4.78, 5) is 22.4. The Hall–Kier alpha value is -0.320. The molecule has 0 aromatic carbocycles. The molecule has 0 aliphatic carbocycles. The summed E-state index contributed by atoms with van der Waals surface area (Å²) in [5.74, 6) is 0.457. The van der Waals surface area contributed by atoms with E-state index < -0.39 is 5.24 Å². The van der Waals surface area contributed by atoms with Crippen LogP contribution >= 0.6 is 34.7 Å². The molecule has 0 unspecified atom stereocenters. The average Bonchev–Trinajstić information content (AvgIpc) is 2.55. The summed E-state index contributed by atoms with van der Waals surface area (Å²) in [6.07, 6.45) is 0.239. The summed E-state index contributed by atoms with van der Waals surface area (Å²) < 4.78 is 0. The highest BCUT2D eigenvalue weighted by Gasteiger charge is 2.07. The van der Waals surface area contributed by atoms with Crippen molar-refractivity contribution in [2.45, 2.75) is 6.42 Å². The van der Waals surface area contributed by atoms with Crippen LogP contribution in [0.2, 0.25) is 0 Å². The standard InChI is InChI=1S/C8H7ClO2S2/c9-7(10)3-5-13-8(11)6-2-1-4-12-6/h1-2,4H,3,5H2. The van der Waals surface area contributed by atoms with Crippen LogP contribution in [0, 0.1) is 0 Å². The van der Waals surface area contributed by atoms with Gasteiger partial charge in [-0.05, 0) is 23.0 Å². The molecule has 0 fully saturated rings. The Kier molecular flexibility index (Phi) is 4.48. The van der Waals surface area contributed by atoms with Crippen molar-refractivity contribution in [1.29, 1.82) is 0 Å². The molecule has 0 bridgehead atoms. The Morgan fingerprint density at radius 1 is 1.54 bits per heavy atom. The van der Waals surface area contributed by atoms with Crippen molar-refractivity contribution >= 4 is 45.1 Å². The predicted octanol–water partition coefficient (Wildman–Crippen LogP) is 2.78. The summed E-state index contributed by atoms with van der Waals surface area (Å²) in [5.41, 5.74) is 0. The van der Waals surface area contributed by atoms with E-state index in [9.17, 15) is 9.59 Å². The maximum absolute atomic E-state index is 11.3. The maximum atomic E-state index is 11.3. The molecule has 70 valence electrons. The second-order valence-electron chi connectivity index (χ2n) is 2.22. The minimum absolute atomic E-state index is 0.00733. The van der Waals surface area contributed by atoms with Gasteiger partial charge < -0.3 is 0 Å². The first kappa shape index (κ1) is 10.8. The first-order valence-corrected chi connectivity index (χ1v) is 5.83. The Morgan fingerprint density at radius 3 is 2.85 bits per heavy atom. The van der Waals surface area contributed by atoms with Crippen molar-refractivity contribution in [2.24, 2.45) is 0 Å². The van der Waals surface area contributed by atoms with Crippen molar-refractivity contribution in [3.05, 3.63) is 22.4 Å². The summed E-state index contributed by atoms with van der Waals surface area (Å²) >= 11 is 7.66. The molecule has 0 spiro atoms. The molecule has 0 radical (unpaired) electrons. The Balaban J connectivity index is 2.31. The van der Waals surface area contributed by atoms with Gasteiger partial charge in [0.15, 0.2) is 0 Å². The second kappa shape index (κ2) is 5.42. The molecule has 0 aliphatic rings. The van der Waals surface area contributed by atoms with Gasteiger partial charge in [-0.1, -0.05) is 17.8 Å². The van der Waals surface area contributed by atoms with E-state index in [-0.39, 0.29) is 11.5 Å². The zero-order chi connectivity index (χ0) is 9.68. The lowest BCUT2D eigenvalue weighted by Crippen LogP contribution is -1.94. The number of carbonyl (C=O) groups excluding carboxylic acids is 2. The number of thioether (sulfide) groups is 1. The zero-order valence-electron chi connectivity index (χ0n) is 6.66. The second-order valence-corrected chi connectivity index (χ2v) is 4.66. The van der Waals surface area contributed by atoms with E-state index in [2.05, 4.69) is 0 Å². The van der Waals surface area contributed by atoms with Crippen LogP contribution in [0.3, 0.4) is 0 Å². The van der Waals surface area contributed by atoms with E-state index in [0.29, 0.717) is 10.6 Å². The van der Waals surface area contributed by atoms with Gasteiger partial charge in [0.05, 0.1) is 4.88 Å². The van der Waals surface area contributed by atoms with Crippen molar-refractivity contribution in [2.75, 3.05) is 5.75 Å². The van der Waals surface area contributed by atoms with Crippen LogP contribution in [0.4, 0.5) is 0 Å². The zero-order valence-corrected chi connectivity index (χ0v) is 9.05. The molecule has 0 N–H and O–H groups in total. The molecule has 5 heteroatoms. The third-order valence-electron chi connectivity index (χ3n) is 1.25. The summed E-state index contributed by atoms with van der Waals surface area (Å²) in [7, 11) is 0. The van der Waals surface area contributed by atoms with Gasteiger partial charge in [-0.25, -0.2) is 0 Å². The number of halogens is 1. The monoisotopic (exact) mass is 234 g/mol. The Bertz CT molecular complexity index is 295. The summed E-state index contributed by atoms with van der Waals surface area (Å²) in [6.45, 7) is 0. The van der Waals surface area contributed by atoms with E-state index in [4.69, 9.17) is 11.6 Å². The normalized spacial score (nSPS) is 9.92. The fourth-order valence-electron chi connectivity index (χ4n) is 0.690. The molecular formula is C8H7ClO2S2. The lowest BCUT2D eigenvalue weighted by molar-refractivity contribution is -0.111. The minimum atomic E-state index is -0.397. The van der Waals surface area contributed by atoms with Gasteiger partial charge in [0.2, 0.25) is 10.4 Å². The molecule has 0 atom stereocenters. The first-order valence-electron chi connectivity index (χ1n) is 3.59. The van der Waals surface area contributed by atoms with Crippen molar-refractivity contribution in [3.8, 4) is 0 Å². The highest BCUT2D eigenvalue weighted by atomic mass is 35.5. The van der Waals surface area contributed by atoms with E-state index >= 15 is 0 Å². The lowest BCUT2D eigenvalue weighted by Gasteiger charge is -1.94. The fourth-order valence-corrected chi connectivity index (χ4v) is 2.46. The van der Waals surface area contributed by atoms with Crippen molar-refractivity contribution in [1.82, 2.24) is 0 Å². The number of hydrogen-bond acceptors (Lipinski definition) is 4. The first-order chi connectivity index (χ1) is 6.20. The third kappa shape index (κ3) is 3.93. The molecule has 0 amide bonds. The Labute approximate surface area is 89.3 Å². The molecule has 1 aromatic heterocycles. The molecule has 1 aromatic rings.